The van der Waals surface area contributed by atoms with Crippen molar-refractivity contribution < 1.29 is 4.74 Å². The fraction of sp³-hybridized carbons (Fsp3) is 0.571. The molecule has 0 radical (unpaired) electrons. The van der Waals surface area contributed by atoms with Crippen LogP contribution >= 0.6 is 0 Å². The molecule has 90 valence electrons. The fourth-order valence-corrected chi connectivity index (χ4v) is 1.65. The predicted octanol–water partition coefficient (Wildman–Crippen LogP) is 3.36. The van der Waals surface area contributed by atoms with Crippen LogP contribution in [0.1, 0.15) is 38.7 Å². The summed E-state index contributed by atoms with van der Waals surface area (Å²) in [4.78, 5) is 0. The minimum atomic E-state index is 0.599. The molecule has 1 rings (SSSR count). The minimum Gasteiger partial charge on any atom is -0.497 e. The third kappa shape index (κ3) is 4.67. The van der Waals surface area contributed by atoms with Crippen LogP contribution in [0.3, 0.4) is 0 Å². The van der Waals surface area contributed by atoms with Gasteiger partial charge >= 0.3 is 0 Å². The van der Waals surface area contributed by atoms with Crippen molar-refractivity contribution in [3.63, 3.8) is 0 Å². The highest BCUT2D eigenvalue weighted by Gasteiger charge is 2.00. The first-order valence-corrected chi connectivity index (χ1v) is 6.12. The van der Waals surface area contributed by atoms with Crippen LogP contribution in [0.25, 0.3) is 0 Å². The Kier molecular flexibility index (Phi) is 5.94. The van der Waals surface area contributed by atoms with Crippen molar-refractivity contribution >= 4 is 0 Å². The van der Waals surface area contributed by atoms with E-state index in [1.807, 2.05) is 12.1 Å². The molecule has 1 N–H and O–H groups in total. The summed E-state index contributed by atoms with van der Waals surface area (Å²) in [7, 11) is 1.69. The molecule has 1 aromatic carbocycles. The maximum absolute atomic E-state index is 5.13. The predicted molar refractivity (Wildman–Crippen MR) is 68.8 cm³/mol. The van der Waals surface area contributed by atoms with Crippen LogP contribution < -0.4 is 10.1 Å². The molecule has 1 unspecified atom stereocenters. The Morgan fingerprint density at radius 3 is 2.50 bits per heavy atom. The molecule has 0 saturated heterocycles. The smallest absolute Gasteiger partial charge is 0.118 e. The first-order valence-electron chi connectivity index (χ1n) is 6.12. The van der Waals surface area contributed by atoms with Gasteiger partial charge in [-0.25, -0.2) is 0 Å². The topological polar surface area (TPSA) is 21.3 Å². The summed E-state index contributed by atoms with van der Waals surface area (Å²) in [5.41, 5.74) is 1.31. The summed E-state index contributed by atoms with van der Waals surface area (Å²) < 4.78 is 5.13. The van der Waals surface area contributed by atoms with Gasteiger partial charge in [-0.1, -0.05) is 31.9 Å². The number of unbranched alkanes of at least 4 members (excludes halogenated alkanes) is 1. The van der Waals surface area contributed by atoms with Crippen LogP contribution in [0.15, 0.2) is 24.3 Å². The Balaban J connectivity index is 2.30. The lowest BCUT2D eigenvalue weighted by molar-refractivity contribution is 0.414. The Hall–Kier alpha value is -1.02. The zero-order valence-electron chi connectivity index (χ0n) is 10.6. The van der Waals surface area contributed by atoms with Crippen molar-refractivity contribution in [1.29, 1.82) is 0 Å². The molecule has 0 fully saturated rings. The monoisotopic (exact) mass is 221 g/mol. The molecule has 16 heavy (non-hydrogen) atoms. The number of ether oxygens (including phenoxy) is 1. The van der Waals surface area contributed by atoms with Crippen LogP contribution in [-0.2, 0) is 6.54 Å². The first-order chi connectivity index (χ1) is 7.76. The summed E-state index contributed by atoms with van der Waals surface area (Å²) in [5, 5.41) is 3.53. The van der Waals surface area contributed by atoms with Crippen molar-refractivity contribution in [2.24, 2.45) is 0 Å². The van der Waals surface area contributed by atoms with Gasteiger partial charge in [0.2, 0.25) is 0 Å². The molecule has 0 aliphatic carbocycles. The Labute approximate surface area is 99.0 Å². The highest BCUT2D eigenvalue weighted by Crippen LogP contribution is 2.11. The van der Waals surface area contributed by atoms with Gasteiger partial charge in [0, 0.05) is 12.6 Å². The third-order valence-electron chi connectivity index (χ3n) is 2.80. The minimum absolute atomic E-state index is 0.599. The molecule has 0 heterocycles. The number of hydrogen-bond donors (Lipinski definition) is 1. The van der Waals surface area contributed by atoms with Crippen molar-refractivity contribution in [2.45, 2.75) is 45.7 Å². The molecular formula is C14H23NO. The van der Waals surface area contributed by atoms with E-state index in [1.54, 1.807) is 7.11 Å². The molecule has 0 amide bonds. The molecular weight excluding hydrogens is 198 g/mol. The number of rotatable bonds is 7. The van der Waals surface area contributed by atoms with E-state index in [2.05, 4.69) is 31.3 Å². The molecule has 0 aliphatic rings. The molecule has 1 aromatic rings. The Morgan fingerprint density at radius 1 is 1.25 bits per heavy atom. The molecule has 1 atom stereocenters. The standard InChI is InChI=1S/C14H23NO/c1-4-5-6-12(2)15-11-13-7-9-14(16-3)10-8-13/h7-10,12,15H,4-6,11H2,1-3H3. The first kappa shape index (κ1) is 13.0. The third-order valence-corrected chi connectivity index (χ3v) is 2.80. The lowest BCUT2D eigenvalue weighted by Crippen LogP contribution is -2.25. The van der Waals surface area contributed by atoms with E-state index in [9.17, 15) is 0 Å². The molecule has 0 aliphatic heterocycles. The highest BCUT2D eigenvalue weighted by atomic mass is 16.5. The van der Waals surface area contributed by atoms with Gasteiger partial charge in [0.05, 0.1) is 7.11 Å². The maximum Gasteiger partial charge on any atom is 0.118 e. The highest BCUT2D eigenvalue weighted by molar-refractivity contribution is 5.26. The number of nitrogens with one attached hydrogen (secondary N) is 1. The van der Waals surface area contributed by atoms with Crippen molar-refractivity contribution in [3.05, 3.63) is 29.8 Å². The number of methoxy groups -OCH3 is 1. The normalized spacial score (nSPS) is 12.4. The zero-order valence-corrected chi connectivity index (χ0v) is 10.6. The van der Waals surface area contributed by atoms with Gasteiger partial charge in [0.1, 0.15) is 5.75 Å². The molecule has 0 spiro atoms. The van der Waals surface area contributed by atoms with E-state index >= 15 is 0 Å². The molecule has 0 bridgehead atoms. The SMILES string of the molecule is CCCCC(C)NCc1ccc(OC)cc1. The molecule has 0 saturated carbocycles. The van der Waals surface area contributed by atoms with E-state index in [1.165, 1.54) is 24.8 Å². The second-order valence-corrected chi connectivity index (χ2v) is 4.27. The van der Waals surface area contributed by atoms with Crippen LogP contribution in [0.4, 0.5) is 0 Å². The van der Waals surface area contributed by atoms with E-state index in [0.717, 1.165) is 12.3 Å². The molecule has 0 aromatic heterocycles. The number of hydrogen-bond acceptors (Lipinski definition) is 2. The quantitative estimate of drug-likeness (QED) is 0.762. The van der Waals surface area contributed by atoms with Gasteiger partial charge < -0.3 is 10.1 Å². The van der Waals surface area contributed by atoms with Crippen molar-refractivity contribution in [2.75, 3.05) is 7.11 Å². The van der Waals surface area contributed by atoms with Crippen LogP contribution in [0, 0.1) is 0 Å². The summed E-state index contributed by atoms with van der Waals surface area (Å²) in [6.07, 6.45) is 3.83. The summed E-state index contributed by atoms with van der Waals surface area (Å²) in [6, 6.07) is 8.83. The maximum atomic E-state index is 5.13. The zero-order chi connectivity index (χ0) is 11.8. The van der Waals surface area contributed by atoms with E-state index in [-0.39, 0.29) is 0 Å². The average Bonchev–Trinajstić information content (AvgIpc) is 2.34. The Morgan fingerprint density at radius 2 is 1.94 bits per heavy atom. The molecule has 2 heteroatoms. The Bertz CT molecular complexity index is 281. The van der Waals surface area contributed by atoms with E-state index < -0.39 is 0 Å². The van der Waals surface area contributed by atoms with Crippen molar-refractivity contribution in [1.82, 2.24) is 5.32 Å². The summed E-state index contributed by atoms with van der Waals surface area (Å²) >= 11 is 0. The lowest BCUT2D eigenvalue weighted by Gasteiger charge is -2.13. The van der Waals surface area contributed by atoms with Gasteiger partial charge in [0.25, 0.3) is 0 Å². The molecule has 2 nitrogen and oxygen atoms in total. The second-order valence-electron chi connectivity index (χ2n) is 4.27. The average molecular weight is 221 g/mol. The van der Waals surface area contributed by atoms with Gasteiger partial charge in [-0.2, -0.15) is 0 Å². The van der Waals surface area contributed by atoms with Crippen LogP contribution in [0.5, 0.6) is 5.75 Å². The van der Waals surface area contributed by atoms with E-state index in [4.69, 9.17) is 4.74 Å². The van der Waals surface area contributed by atoms with Crippen molar-refractivity contribution in [3.8, 4) is 5.75 Å². The summed E-state index contributed by atoms with van der Waals surface area (Å²) in [5.74, 6) is 0.919. The van der Waals surface area contributed by atoms with Gasteiger partial charge in [-0.15, -0.1) is 0 Å². The fourth-order valence-electron chi connectivity index (χ4n) is 1.65. The number of benzene rings is 1. The van der Waals surface area contributed by atoms with Gasteiger partial charge in [-0.3, -0.25) is 0 Å². The van der Waals surface area contributed by atoms with E-state index in [0.29, 0.717) is 6.04 Å². The van der Waals surface area contributed by atoms with Crippen LogP contribution in [0.2, 0.25) is 0 Å². The lowest BCUT2D eigenvalue weighted by atomic mass is 10.1. The van der Waals surface area contributed by atoms with Crippen LogP contribution in [-0.4, -0.2) is 13.2 Å². The largest absolute Gasteiger partial charge is 0.497 e. The van der Waals surface area contributed by atoms with Gasteiger partial charge in [0.15, 0.2) is 0 Å². The van der Waals surface area contributed by atoms with Gasteiger partial charge in [-0.05, 0) is 31.0 Å². The second kappa shape index (κ2) is 7.29. The summed E-state index contributed by atoms with van der Waals surface area (Å²) in [6.45, 7) is 5.42.